The van der Waals surface area contributed by atoms with E-state index in [-0.39, 0.29) is 5.91 Å². The standard InChI is InChI=1S/C18H19N3OS/c1-3-21(14-9-5-4-6-10-14)17(22)13-23-18-19-15-11-7-8-12-16(15)20(18)2/h4-12H,3,13H2,1-2H3. The number of thioether (sulfide) groups is 1. The Morgan fingerprint density at radius 1 is 1.13 bits per heavy atom. The molecule has 0 unspecified atom stereocenters. The predicted octanol–water partition coefficient (Wildman–Crippen LogP) is 3.72. The van der Waals surface area contributed by atoms with Crippen molar-refractivity contribution in [3.63, 3.8) is 0 Å². The van der Waals surface area contributed by atoms with Crippen LogP contribution in [0.5, 0.6) is 0 Å². The lowest BCUT2D eigenvalue weighted by molar-refractivity contribution is -0.116. The Morgan fingerprint density at radius 2 is 1.83 bits per heavy atom. The number of rotatable bonds is 5. The molecule has 0 spiro atoms. The number of carbonyl (C=O) groups is 1. The molecule has 1 heterocycles. The van der Waals surface area contributed by atoms with Crippen molar-refractivity contribution in [1.29, 1.82) is 0 Å². The van der Waals surface area contributed by atoms with Gasteiger partial charge in [-0.3, -0.25) is 4.79 Å². The normalized spacial score (nSPS) is 10.9. The largest absolute Gasteiger partial charge is 0.322 e. The van der Waals surface area contributed by atoms with Crippen molar-refractivity contribution in [1.82, 2.24) is 9.55 Å². The number of hydrogen-bond acceptors (Lipinski definition) is 3. The molecule has 23 heavy (non-hydrogen) atoms. The second-order valence-electron chi connectivity index (χ2n) is 5.20. The molecular formula is C18H19N3OS. The first-order valence-electron chi connectivity index (χ1n) is 7.60. The summed E-state index contributed by atoms with van der Waals surface area (Å²) in [6.45, 7) is 2.65. The maximum Gasteiger partial charge on any atom is 0.237 e. The Morgan fingerprint density at radius 3 is 2.52 bits per heavy atom. The van der Waals surface area contributed by atoms with Gasteiger partial charge in [-0.25, -0.2) is 4.98 Å². The molecule has 118 valence electrons. The maximum absolute atomic E-state index is 12.5. The van der Waals surface area contributed by atoms with Crippen LogP contribution in [0.3, 0.4) is 0 Å². The number of benzene rings is 2. The number of carbonyl (C=O) groups excluding carboxylic acids is 1. The summed E-state index contributed by atoms with van der Waals surface area (Å²) in [5.74, 6) is 0.468. The van der Waals surface area contributed by atoms with Gasteiger partial charge in [0.15, 0.2) is 5.16 Å². The fraction of sp³-hybridized carbons (Fsp3) is 0.222. The zero-order valence-corrected chi connectivity index (χ0v) is 14.1. The number of aryl methyl sites for hydroxylation is 1. The molecule has 1 aromatic heterocycles. The van der Waals surface area contributed by atoms with E-state index in [4.69, 9.17) is 0 Å². The van der Waals surface area contributed by atoms with Gasteiger partial charge >= 0.3 is 0 Å². The molecule has 0 saturated carbocycles. The SMILES string of the molecule is CCN(C(=O)CSc1nc2ccccc2n1C)c1ccccc1. The zero-order chi connectivity index (χ0) is 16.2. The van der Waals surface area contributed by atoms with Gasteiger partial charge in [-0.05, 0) is 31.2 Å². The van der Waals surface area contributed by atoms with E-state index in [1.54, 1.807) is 4.90 Å². The third-order valence-corrected chi connectivity index (χ3v) is 4.77. The molecule has 3 rings (SSSR count). The maximum atomic E-state index is 12.5. The quantitative estimate of drug-likeness (QED) is 0.671. The summed E-state index contributed by atoms with van der Waals surface area (Å²) < 4.78 is 2.03. The Bertz CT molecular complexity index is 814. The molecule has 0 bridgehead atoms. The van der Waals surface area contributed by atoms with Crippen LogP contribution in [0.1, 0.15) is 6.92 Å². The number of amides is 1. The van der Waals surface area contributed by atoms with Crippen LogP contribution in [-0.4, -0.2) is 27.8 Å². The minimum Gasteiger partial charge on any atom is -0.322 e. The van der Waals surface area contributed by atoms with E-state index in [1.165, 1.54) is 11.8 Å². The van der Waals surface area contributed by atoms with E-state index in [9.17, 15) is 4.79 Å². The topological polar surface area (TPSA) is 38.1 Å². The zero-order valence-electron chi connectivity index (χ0n) is 13.3. The lowest BCUT2D eigenvalue weighted by Crippen LogP contribution is -2.32. The highest BCUT2D eigenvalue weighted by atomic mass is 32.2. The number of anilines is 1. The van der Waals surface area contributed by atoms with E-state index in [0.717, 1.165) is 21.9 Å². The van der Waals surface area contributed by atoms with Crippen molar-refractivity contribution < 1.29 is 4.79 Å². The molecule has 0 aliphatic heterocycles. The highest BCUT2D eigenvalue weighted by molar-refractivity contribution is 7.99. The molecule has 0 atom stereocenters. The average molecular weight is 325 g/mol. The lowest BCUT2D eigenvalue weighted by Gasteiger charge is -2.20. The summed E-state index contributed by atoms with van der Waals surface area (Å²) in [5, 5.41) is 0.865. The number of para-hydroxylation sites is 3. The van der Waals surface area contributed by atoms with Gasteiger partial charge in [-0.15, -0.1) is 0 Å². The molecule has 0 N–H and O–H groups in total. The van der Waals surface area contributed by atoms with Crippen LogP contribution >= 0.6 is 11.8 Å². The number of fused-ring (bicyclic) bond motifs is 1. The molecule has 5 heteroatoms. The smallest absolute Gasteiger partial charge is 0.237 e. The van der Waals surface area contributed by atoms with Crippen LogP contribution in [0, 0.1) is 0 Å². The molecule has 0 fully saturated rings. The van der Waals surface area contributed by atoms with E-state index in [1.807, 2.05) is 73.1 Å². The summed E-state index contributed by atoms with van der Waals surface area (Å²) in [6.07, 6.45) is 0. The molecule has 0 radical (unpaired) electrons. The van der Waals surface area contributed by atoms with Crippen LogP contribution in [-0.2, 0) is 11.8 Å². The van der Waals surface area contributed by atoms with Gasteiger partial charge in [0.2, 0.25) is 5.91 Å². The minimum absolute atomic E-state index is 0.0933. The summed E-state index contributed by atoms with van der Waals surface area (Å²) >= 11 is 1.48. The highest BCUT2D eigenvalue weighted by Crippen LogP contribution is 2.23. The van der Waals surface area contributed by atoms with Gasteiger partial charge < -0.3 is 9.47 Å². The van der Waals surface area contributed by atoms with Crippen molar-refractivity contribution >= 4 is 34.4 Å². The number of aromatic nitrogens is 2. The second-order valence-corrected chi connectivity index (χ2v) is 6.15. The van der Waals surface area contributed by atoms with Gasteiger partial charge in [-0.1, -0.05) is 42.1 Å². The Labute approximate surface area is 140 Å². The molecule has 3 aromatic rings. The number of imidazole rings is 1. The number of hydrogen-bond donors (Lipinski definition) is 0. The van der Waals surface area contributed by atoms with Crippen LogP contribution in [0.4, 0.5) is 5.69 Å². The van der Waals surface area contributed by atoms with Crippen molar-refractivity contribution in [3.8, 4) is 0 Å². The average Bonchev–Trinajstić information content (AvgIpc) is 2.91. The van der Waals surface area contributed by atoms with E-state index < -0.39 is 0 Å². The molecule has 4 nitrogen and oxygen atoms in total. The third kappa shape index (κ3) is 3.24. The van der Waals surface area contributed by atoms with Crippen LogP contribution in [0.2, 0.25) is 0 Å². The summed E-state index contributed by atoms with van der Waals surface area (Å²) in [5.41, 5.74) is 2.98. The van der Waals surface area contributed by atoms with Crippen LogP contribution in [0.25, 0.3) is 11.0 Å². The second kappa shape index (κ2) is 6.87. The predicted molar refractivity (Wildman–Crippen MR) is 95.9 cm³/mol. The van der Waals surface area contributed by atoms with Gasteiger partial charge in [0.25, 0.3) is 0 Å². The van der Waals surface area contributed by atoms with E-state index >= 15 is 0 Å². The number of nitrogens with zero attached hydrogens (tertiary/aromatic N) is 3. The molecular weight excluding hydrogens is 306 g/mol. The molecule has 0 saturated heterocycles. The third-order valence-electron chi connectivity index (χ3n) is 3.76. The molecule has 0 aliphatic carbocycles. The molecule has 2 aromatic carbocycles. The van der Waals surface area contributed by atoms with Crippen LogP contribution < -0.4 is 4.90 Å². The Kier molecular flexibility index (Phi) is 4.67. The van der Waals surface area contributed by atoms with Gasteiger partial charge in [0, 0.05) is 19.3 Å². The minimum atomic E-state index is 0.0933. The van der Waals surface area contributed by atoms with Crippen LogP contribution in [0.15, 0.2) is 59.8 Å². The first-order valence-corrected chi connectivity index (χ1v) is 8.59. The van der Waals surface area contributed by atoms with Gasteiger partial charge in [0.1, 0.15) is 0 Å². The van der Waals surface area contributed by atoms with Crippen molar-refractivity contribution in [2.75, 3.05) is 17.2 Å². The van der Waals surface area contributed by atoms with Gasteiger partial charge in [0.05, 0.1) is 16.8 Å². The Hall–Kier alpha value is -2.27. The summed E-state index contributed by atoms with van der Waals surface area (Å²) in [6, 6.07) is 17.8. The van der Waals surface area contributed by atoms with Crippen molar-refractivity contribution in [2.45, 2.75) is 12.1 Å². The fourth-order valence-electron chi connectivity index (χ4n) is 2.57. The molecule has 1 amide bonds. The van der Waals surface area contributed by atoms with Crippen molar-refractivity contribution in [2.24, 2.45) is 7.05 Å². The van der Waals surface area contributed by atoms with E-state index in [2.05, 4.69) is 4.98 Å². The van der Waals surface area contributed by atoms with E-state index in [0.29, 0.717) is 12.3 Å². The highest BCUT2D eigenvalue weighted by Gasteiger charge is 2.16. The molecule has 0 aliphatic rings. The first kappa shape index (κ1) is 15.6. The Balaban J connectivity index is 1.73. The lowest BCUT2D eigenvalue weighted by atomic mass is 10.3. The van der Waals surface area contributed by atoms with Gasteiger partial charge in [-0.2, -0.15) is 0 Å². The van der Waals surface area contributed by atoms with Crippen molar-refractivity contribution in [3.05, 3.63) is 54.6 Å². The summed E-state index contributed by atoms with van der Waals surface area (Å²) in [4.78, 5) is 18.9. The monoisotopic (exact) mass is 325 g/mol. The first-order chi connectivity index (χ1) is 11.2. The summed E-state index contributed by atoms with van der Waals surface area (Å²) in [7, 11) is 1.98. The fourth-order valence-corrected chi connectivity index (χ4v) is 3.43.